The summed E-state index contributed by atoms with van der Waals surface area (Å²) in [5, 5.41) is 8.54. The first kappa shape index (κ1) is 13.5. The Morgan fingerprint density at radius 2 is 1.94 bits per heavy atom. The Morgan fingerprint density at radius 3 is 2.41 bits per heavy atom. The number of hydrogen-bond donors (Lipinski definition) is 1. The number of nitriles is 1. The molecule has 2 N–H and O–H groups in total. The normalized spacial score (nSPS) is 12.9. The first-order chi connectivity index (χ1) is 7.99. The highest BCUT2D eigenvalue weighted by Crippen LogP contribution is 2.27. The van der Waals surface area contributed by atoms with E-state index < -0.39 is 6.04 Å². The largest absolute Gasteiger partial charge is 0.491 e. The number of hydrogen-bond acceptors (Lipinski definition) is 3. The van der Waals surface area contributed by atoms with Gasteiger partial charge in [0.15, 0.2) is 0 Å². The maximum atomic E-state index is 8.54. The molecule has 17 heavy (non-hydrogen) atoms. The molecule has 1 aromatic rings. The molecular weight excluding hydrogens is 212 g/mol. The topological polar surface area (TPSA) is 59.0 Å². The number of benzene rings is 1. The van der Waals surface area contributed by atoms with Crippen LogP contribution in [0.5, 0.6) is 5.75 Å². The van der Waals surface area contributed by atoms with Gasteiger partial charge in [-0.25, -0.2) is 0 Å². The number of nitrogens with zero attached hydrogens (tertiary/aromatic N) is 1. The van der Waals surface area contributed by atoms with E-state index in [2.05, 4.69) is 32.9 Å². The first-order valence-electron chi connectivity index (χ1n) is 5.88. The monoisotopic (exact) mass is 232 g/mol. The van der Waals surface area contributed by atoms with E-state index in [1.54, 1.807) is 0 Å². The van der Waals surface area contributed by atoms with Crippen LogP contribution in [0, 0.1) is 11.3 Å². The van der Waals surface area contributed by atoms with Crippen molar-refractivity contribution < 1.29 is 4.74 Å². The summed E-state index contributed by atoms with van der Waals surface area (Å²) in [5.41, 5.74) is 6.93. The van der Waals surface area contributed by atoms with Crippen LogP contribution < -0.4 is 10.5 Å². The Kier molecular flexibility index (Phi) is 4.53. The highest BCUT2D eigenvalue weighted by Gasteiger charge is 2.17. The molecule has 0 aliphatic carbocycles. The minimum atomic E-state index is -0.568. The molecular formula is C14H20N2O. The highest BCUT2D eigenvalue weighted by molar-refractivity contribution is 5.31. The zero-order valence-corrected chi connectivity index (χ0v) is 10.7. The Balaban J connectivity index is 2.66. The molecule has 1 rings (SSSR count). The van der Waals surface area contributed by atoms with Gasteiger partial charge in [0.1, 0.15) is 18.4 Å². The number of nitrogens with two attached hydrogens (primary N) is 1. The van der Waals surface area contributed by atoms with Crippen molar-refractivity contribution in [2.24, 2.45) is 5.73 Å². The Morgan fingerprint density at radius 1 is 1.35 bits per heavy atom. The summed E-state index contributed by atoms with van der Waals surface area (Å²) in [7, 11) is 0. The summed E-state index contributed by atoms with van der Waals surface area (Å²) in [6.45, 7) is 6.84. The van der Waals surface area contributed by atoms with Crippen molar-refractivity contribution in [1.82, 2.24) is 0 Å². The summed E-state index contributed by atoms with van der Waals surface area (Å²) >= 11 is 0. The number of ether oxygens (including phenoxy) is 1. The van der Waals surface area contributed by atoms with E-state index in [1.807, 2.05) is 18.2 Å². The average Bonchev–Trinajstić information content (AvgIpc) is 2.36. The molecule has 1 atom stereocenters. The van der Waals surface area contributed by atoms with Crippen molar-refractivity contribution in [3.63, 3.8) is 0 Å². The lowest BCUT2D eigenvalue weighted by Gasteiger charge is -2.23. The van der Waals surface area contributed by atoms with Gasteiger partial charge in [0.25, 0.3) is 0 Å². The summed E-state index contributed by atoms with van der Waals surface area (Å²) < 4.78 is 5.41. The summed E-state index contributed by atoms with van der Waals surface area (Å²) in [5.74, 6) is 0.756. The van der Waals surface area contributed by atoms with Crippen LogP contribution in [0.1, 0.15) is 32.8 Å². The molecule has 0 heterocycles. The van der Waals surface area contributed by atoms with Crippen LogP contribution in [0.2, 0.25) is 0 Å². The molecule has 0 spiro atoms. The molecule has 0 aromatic heterocycles. The fourth-order valence-corrected chi connectivity index (χ4v) is 1.43. The maximum absolute atomic E-state index is 8.54. The van der Waals surface area contributed by atoms with Crippen molar-refractivity contribution >= 4 is 0 Å². The minimum absolute atomic E-state index is 0.182. The second kappa shape index (κ2) is 5.70. The van der Waals surface area contributed by atoms with Crippen LogP contribution in [0.15, 0.2) is 24.3 Å². The fraction of sp³-hybridized carbons (Fsp3) is 0.500. The van der Waals surface area contributed by atoms with Crippen LogP contribution >= 0.6 is 0 Å². The summed E-state index contributed by atoms with van der Waals surface area (Å²) in [6, 6.07) is 9.35. The van der Waals surface area contributed by atoms with Crippen molar-refractivity contribution in [3.05, 3.63) is 29.8 Å². The molecule has 3 nitrogen and oxygen atoms in total. The third-order valence-electron chi connectivity index (χ3n) is 3.12. The van der Waals surface area contributed by atoms with Gasteiger partial charge < -0.3 is 10.5 Å². The Labute approximate surface area is 103 Å². The SMILES string of the molecule is CCC(C)(C)c1ccc(OCC(N)C#N)cc1. The lowest BCUT2D eigenvalue weighted by molar-refractivity contribution is 0.308. The molecule has 0 amide bonds. The third-order valence-corrected chi connectivity index (χ3v) is 3.12. The van der Waals surface area contributed by atoms with E-state index in [0.717, 1.165) is 12.2 Å². The van der Waals surface area contributed by atoms with Crippen molar-refractivity contribution in [1.29, 1.82) is 5.26 Å². The van der Waals surface area contributed by atoms with Gasteiger partial charge in [-0.15, -0.1) is 0 Å². The van der Waals surface area contributed by atoms with Gasteiger partial charge >= 0.3 is 0 Å². The van der Waals surface area contributed by atoms with Crippen LogP contribution in [-0.4, -0.2) is 12.6 Å². The molecule has 1 unspecified atom stereocenters. The highest BCUT2D eigenvalue weighted by atomic mass is 16.5. The minimum Gasteiger partial charge on any atom is -0.491 e. The van der Waals surface area contributed by atoms with Gasteiger partial charge in [0.2, 0.25) is 0 Å². The smallest absolute Gasteiger partial charge is 0.127 e. The van der Waals surface area contributed by atoms with E-state index in [0.29, 0.717) is 0 Å². The first-order valence-corrected chi connectivity index (χ1v) is 5.88. The molecule has 0 saturated heterocycles. The number of rotatable bonds is 5. The molecule has 0 radical (unpaired) electrons. The van der Waals surface area contributed by atoms with Gasteiger partial charge in [-0.3, -0.25) is 0 Å². The zero-order chi connectivity index (χ0) is 12.9. The van der Waals surface area contributed by atoms with Crippen LogP contribution in [-0.2, 0) is 5.41 Å². The van der Waals surface area contributed by atoms with Crippen molar-refractivity contribution in [3.8, 4) is 11.8 Å². The Hall–Kier alpha value is -1.53. The van der Waals surface area contributed by atoms with Crippen LogP contribution in [0.25, 0.3) is 0 Å². The fourth-order valence-electron chi connectivity index (χ4n) is 1.43. The van der Waals surface area contributed by atoms with E-state index >= 15 is 0 Å². The Bertz CT molecular complexity index is 390. The second-order valence-corrected chi connectivity index (χ2v) is 4.81. The van der Waals surface area contributed by atoms with Crippen molar-refractivity contribution in [2.75, 3.05) is 6.61 Å². The van der Waals surface area contributed by atoms with E-state index in [-0.39, 0.29) is 12.0 Å². The van der Waals surface area contributed by atoms with Gasteiger partial charge in [0.05, 0.1) is 6.07 Å². The van der Waals surface area contributed by atoms with Gasteiger partial charge in [0, 0.05) is 0 Å². The predicted molar refractivity (Wildman–Crippen MR) is 68.8 cm³/mol. The molecule has 0 aliphatic rings. The predicted octanol–water partition coefficient (Wildman–Crippen LogP) is 2.60. The van der Waals surface area contributed by atoms with E-state index in [4.69, 9.17) is 15.7 Å². The third kappa shape index (κ3) is 3.76. The molecule has 0 saturated carbocycles. The van der Waals surface area contributed by atoms with E-state index in [9.17, 15) is 0 Å². The summed E-state index contributed by atoms with van der Waals surface area (Å²) in [6.07, 6.45) is 1.09. The van der Waals surface area contributed by atoms with Gasteiger partial charge in [-0.2, -0.15) is 5.26 Å². The van der Waals surface area contributed by atoms with E-state index in [1.165, 1.54) is 5.56 Å². The average molecular weight is 232 g/mol. The van der Waals surface area contributed by atoms with Gasteiger partial charge in [-0.05, 0) is 29.5 Å². The summed E-state index contributed by atoms with van der Waals surface area (Å²) in [4.78, 5) is 0. The molecule has 92 valence electrons. The maximum Gasteiger partial charge on any atom is 0.127 e. The van der Waals surface area contributed by atoms with Crippen LogP contribution in [0.3, 0.4) is 0 Å². The second-order valence-electron chi connectivity index (χ2n) is 4.81. The molecule has 3 heteroatoms. The van der Waals surface area contributed by atoms with Gasteiger partial charge in [-0.1, -0.05) is 32.9 Å². The lowest BCUT2D eigenvalue weighted by atomic mass is 9.82. The molecule has 0 aliphatic heterocycles. The quantitative estimate of drug-likeness (QED) is 0.849. The van der Waals surface area contributed by atoms with Crippen LogP contribution in [0.4, 0.5) is 0 Å². The molecule has 0 fully saturated rings. The zero-order valence-electron chi connectivity index (χ0n) is 10.7. The van der Waals surface area contributed by atoms with Crippen molar-refractivity contribution in [2.45, 2.75) is 38.6 Å². The standard InChI is InChI=1S/C14H20N2O/c1-4-14(2,3)11-5-7-13(8-6-11)17-10-12(16)9-15/h5-8,12H,4,10,16H2,1-3H3. The molecule has 0 bridgehead atoms. The lowest BCUT2D eigenvalue weighted by Crippen LogP contribution is -2.25. The molecule has 1 aromatic carbocycles.